The first-order valence-corrected chi connectivity index (χ1v) is 3.94. The number of nitrogens with zero attached hydrogens (tertiary/aromatic N) is 1. The zero-order chi connectivity index (χ0) is 8.81. The average molecular weight is 163 g/mol. The van der Waals surface area contributed by atoms with Gasteiger partial charge in [0.05, 0.1) is 18.9 Å². The molecule has 0 fully saturated rings. The number of hydrogen-bond acceptors (Lipinski definition) is 2. The predicted octanol–water partition coefficient (Wildman–Crippen LogP) is 2.09. The molecule has 0 atom stereocenters. The Hall–Kier alpha value is -1.15. The second kappa shape index (κ2) is 4.67. The van der Waals surface area contributed by atoms with Gasteiger partial charge in [0, 0.05) is 5.69 Å². The Kier molecular flexibility index (Phi) is 3.48. The number of aryl methyl sites for hydroxylation is 1. The molecular weight excluding hydrogens is 150 g/mol. The lowest BCUT2D eigenvalue weighted by Gasteiger charge is -2.00. The highest BCUT2D eigenvalue weighted by Crippen LogP contribution is 1.99. The summed E-state index contributed by atoms with van der Waals surface area (Å²) in [6.45, 7) is 6.68. The summed E-state index contributed by atoms with van der Waals surface area (Å²) in [7, 11) is 0. The molecule has 0 aliphatic rings. The van der Waals surface area contributed by atoms with Crippen LogP contribution in [0.15, 0.2) is 30.9 Å². The van der Waals surface area contributed by atoms with E-state index in [9.17, 15) is 0 Å². The lowest BCUT2D eigenvalue weighted by molar-refractivity contribution is 0.146. The fraction of sp³-hybridized carbons (Fsp3) is 0.300. The van der Waals surface area contributed by atoms with E-state index in [0.29, 0.717) is 13.2 Å². The molecule has 0 spiro atoms. The largest absolute Gasteiger partial charge is 0.371 e. The van der Waals surface area contributed by atoms with Crippen molar-refractivity contribution in [3.63, 3.8) is 0 Å². The van der Waals surface area contributed by atoms with Crippen molar-refractivity contribution in [2.45, 2.75) is 13.5 Å². The van der Waals surface area contributed by atoms with Crippen molar-refractivity contribution in [1.82, 2.24) is 4.98 Å². The van der Waals surface area contributed by atoms with Gasteiger partial charge in [0.1, 0.15) is 0 Å². The van der Waals surface area contributed by atoms with Gasteiger partial charge < -0.3 is 4.74 Å². The van der Waals surface area contributed by atoms with Gasteiger partial charge in [-0.2, -0.15) is 0 Å². The molecule has 0 aliphatic carbocycles. The Bertz CT molecular complexity index is 258. The molecule has 0 aromatic carbocycles. The van der Waals surface area contributed by atoms with Crippen molar-refractivity contribution in [2.75, 3.05) is 6.61 Å². The van der Waals surface area contributed by atoms with Gasteiger partial charge in [-0.1, -0.05) is 12.1 Å². The fourth-order valence-electron chi connectivity index (χ4n) is 0.927. The van der Waals surface area contributed by atoms with Gasteiger partial charge in [-0.25, -0.2) is 0 Å². The molecule has 0 unspecified atom stereocenters. The molecule has 1 aromatic heterocycles. The van der Waals surface area contributed by atoms with Gasteiger partial charge >= 0.3 is 0 Å². The van der Waals surface area contributed by atoms with Crippen LogP contribution in [0.5, 0.6) is 0 Å². The molecule has 0 radical (unpaired) electrons. The summed E-state index contributed by atoms with van der Waals surface area (Å²) >= 11 is 0. The van der Waals surface area contributed by atoms with Crippen LogP contribution in [0.3, 0.4) is 0 Å². The summed E-state index contributed by atoms with van der Waals surface area (Å²) in [4.78, 5) is 4.29. The van der Waals surface area contributed by atoms with E-state index in [1.54, 1.807) is 6.08 Å². The van der Waals surface area contributed by atoms with Crippen LogP contribution in [0.2, 0.25) is 0 Å². The van der Waals surface area contributed by atoms with E-state index in [2.05, 4.69) is 11.6 Å². The van der Waals surface area contributed by atoms with Crippen LogP contribution in [-0.4, -0.2) is 11.6 Å². The summed E-state index contributed by atoms with van der Waals surface area (Å²) in [5, 5.41) is 0. The lowest BCUT2D eigenvalue weighted by Crippen LogP contribution is -1.96. The Morgan fingerprint density at radius 2 is 2.42 bits per heavy atom. The van der Waals surface area contributed by atoms with Crippen LogP contribution >= 0.6 is 0 Å². The molecule has 64 valence electrons. The Labute approximate surface area is 72.9 Å². The topological polar surface area (TPSA) is 22.1 Å². The van der Waals surface area contributed by atoms with Crippen molar-refractivity contribution in [1.29, 1.82) is 0 Å². The van der Waals surface area contributed by atoms with Gasteiger partial charge in [-0.05, 0) is 19.1 Å². The molecule has 0 saturated carbocycles. The van der Waals surface area contributed by atoms with Gasteiger partial charge in [0.2, 0.25) is 0 Å². The van der Waals surface area contributed by atoms with Gasteiger partial charge in [-0.3, -0.25) is 4.98 Å². The monoisotopic (exact) mass is 163 g/mol. The fourth-order valence-corrected chi connectivity index (χ4v) is 0.927. The number of ether oxygens (including phenoxy) is 1. The maximum atomic E-state index is 5.24. The van der Waals surface area contributed by atoms with E-state index in [4.69, 9.17) is 4.74 Å². The van der Waals surface area contributed by atoms with Crippen LogP contribution < -0.4 is 0 Å². The van der Waals surface area contributed by atoms with E-state index in [1.165, 1.54) is 0 Å². The number of hydrogen-bond donors (Lipinski definition) is 0. The zero-order valence-corrected chi connectivity index (χ0v) is 7.29. The molecule has 0 aliphatic heterocycles. The van der Waals surface area contributed by atoms with E-state index < -0.39 is 0 Å². The van der Waals surface area contributed by atoms with E-state index in [-0.39, 0.29) is 0 Å². The molecule has 0 saturated heterocycles. The number of pyridine rings is 1. The van der Waals surface area contributed by atoms with E-state index >= 15 is 0 Å². The second-order valence-electron chi connectivity index (χ2n) is 2.57. The highest BCUT2D eigenvalue weighted by atomic mass is 16.5. The summed E-state index contributed by atoms with van der Waals surface area (Å²) < 4.78 is 5.24. The highest BCUT2D eigenvalue weighted by molar-refractivity contribution is 5.08. The van der Waals surface area contributed by atoms with Gasteiger partial charge in [0.25, 0.3) is 0 Å². The van der Waals surface area contributed by atoms with Crippen molar-refractivity contribution in [3.05, 3.63) is 42.2 Å². The minimum atomic E-state index is 0.563. The van der Waals surface area contributed by atoms with Crippen LogP contribution in [-0.2, 0) is 11.3 Å². The smallest absolute Gasteiger partial charge is 0.0892 e. The van der Waals surface area contributed by atoms with Crippen molar-refractivity contribution < 1.29 is 4.74 Å². The third kappa shape index (κ3) is 2.84. The summed E-state index contributed by atoms with van der Waals surface area (Å²) in [5.41, 5.74) is 1.99. The third-order valence-electron chi connectivity index (χ3n) is 1.43. The highest BCUT2D eigenvalue weighted by Gasteiger charge is 1.92. The molecule has 0 bridgehead atoms. The molecule has 1 heterocycles. The van der Waals surface area contributed by atoms with Crippen LogP contribution in [0.1, 0.15) is 11.4 Å². The van der Waals surface area contributed by atoms with E-state index in [0.717, 1.165) is 11.4 Å². The molecular formula is C10H13NO. The van der Waals surface area contributed by atoms with Gasteiger partial charge in [0.15, 0.2) is 0 Å². The van der Waals surface area contributed by atoms with Crippen molar-refractivity contribution in [3.8, 4) is 0 Å². The zero-order valence-electron chi connectivity index (χ0n) is 7.29. The number of aromatic nitrogens is 1. The lowest BCUT2D eigenvalue weighted by atomic mass is 10.3. The standard InChI is InChI=1S/C10H13NO/c1-3-7-12-8-10-6-4-5-9(2)11-10/h3-6H,1,7-8H2,2H3. The minimum absolute atomic E-state index is 0.563. The SMILES string of the molecule is C=CCOCc1cccc(C)n1. The van der Waals surface area contributed by atoms with Crippen molar-refractivity contribution in [2.24, 2.45) is 0 Å². The normalized spacial score (nSPS) is 9.75. The van der Waals surface area contributed by atoms with Gasteiger partial charge in [-0.15, -0.1) is 6.58 Å². The van der Waals surface area contributed by atoms with Crippen LogP contribution in [0, 0.1) is 6.92 Å². The second-order valence-corrected chi connectivity index (χ2v) is 2.57. The van der Waals surface area contributed by atoms with Crippen LogP contribution in [0.25, 0.3) is 0 Å². The van der Waals surface area contributed by atoms with Crippen molar-refractivity contribution >= 4 is 0 Å². The molecule has 1 rings (SSSR count). The maximum absolute atomic E-state index is 5.24. The number of rotatable bonds is 4. The average Bonchev–Trinajstić information content (AvgIpc) is 2.05. The van der Waals surface area contributed by atoms with E-state index in [1.807, 2.05) is 25.1 Å². The maximum Gasteiger partial charge on any atom is 0.0892 e. The summed E-state index contributed by atoms with van der Waals surface area (Å²) in [6, 6.07) is 5.90. The van der Waals surface area contributed by atoms with Crippen LogP contribution in [0.4, 0.5) is 0 Å². The quantitative estimate of drug-likeness (QED) is 0.501. The molecule has 12 heavy (non-hydrogen) atoms. The first-order valence-electron chi connectivity index (χ1n) is 3.94. The summed E-state index contributed by atoms with van der Waals surface area (Å²) in [6.07, 6.45) is 1.73. The molecule has 1 aromatic rings. The molecule has 0 amide bonds. The third-order valence-corrected chi connectivity index (χ3v) is 1.43. The summed E-state index contributed by atoms with van der Waals surface area (Å²) in [5.74, 6) is 0. The predicted molar refractivity (Wildman–Crippen MR) is 48.8 cm³/mol. The first-order chi connectivity index (χ1) is 5.83. The Balaban J connectivity index is 2.46. The first kappa shape index (κ1) is 8.94. The Morgan fingerprint density at radius 3 is 3.08 bits per heavy atom. The molecule has 2 nitrogen and oxygen atoms in total. The minimum Gasteiger partial charge on any atom is -0.371 e. The molecule has 0 N–H and O–H groups in total. The molecule has 2 heteroatoms. The Morgan fingerprint density at radius 1 is 1.58 bits per heavy atom.